The van der Waals surface area contributed by atoms with E-state index in [0.717, 1.165) is 29.7 Å². The predicted molar refractivity (Wildman–Crippen MR) is 134 cm³/mol. The second kappa shape index (κ2) is 9.47. The van der Waals surface area contributed by atoms with Gasteiger partial charge in [0.05, 0.1) is 28.0 Å². The molecule has 1 amide bonds. The first kappa shape index (κ1) is 24.0. The Morgan fingerprint density at radius 3 is 2.65 bits per heavy atom. The third kappa shape index (κ3) is 5.07. The van der Waals surface area contributed by atoms with Crippen molar-refractivity contribution < 1.29 is 19.7 Å². The summed E-state index contributed by atoms with van der Waals surface area (Å²) >= 11 is 12.6. The third-order valence-electron chi connectivity index (χ3n) is 6.42. The molecule has 2 N–H and O–H groups in total. The number of nitrogens with one attached hydrogen (secondary N) is 1. The number of rotatable bonds is 8. The maximum absolute atomic E-state index is 13.4. The fourth-order valence-electron chi connectivity index (χ4n) is 4.20. The molecule has 2 fully saturated rings. The van der Waals surface area contributed by atoms with E-state index in [0.29, 0.717) is 34.3 Å². The second-order valence-electron chi connectivity index (χ2n) is 9.05. The Morgan fingerprint density at radius 2 is 2.00 bits per heavy atom. The molecule has 1 aliphatic carbocycles. The molecule has 1 saturated heterocycles. The van der Waals surface area contributed by atoms with Crippen LogP contribution in [0, 0.1) is 5.92 Å². The van der Waals surface area contributed by atoms with E-state index in [1.165, 1.54) is 12.4 Å². The van der Waals surface area contributed by atoms with Crippen LogP contribution in [-0.4, -0.2) is 36.2 Å². The highest BCUT2D eigenvalue weighted by molar-refractivity contribution is 6.33. The number of pyridine rings is 1. The molecular weight excluding hydrogens is 519 g/mol. The third-order valence-corrected chi connectivity index (χ3v) is 6.97. The number of carbonyl (C=O) groups is 1. The van der Waals surface area contributed by atoms with Crippen molar-refractivity contribution >= 4 is 34.8 Å². The molecule has 37 heavy (non-hydrogen) atoms. The van der Waals surface area contributed by atoms with Gasteiger partial charge in [-0.3, -0.25) is 9.78 Å². The van der Waals surface area contributed by atoms with E-state index in [9.17, 15) is 9.90 Å². The van der Waals surface area contributed by atoms with Crippen molar-refractivity contribution in [3.05, 3.63) is 82.4 Å². The van der Waals surface area contributed by atoms with Gasteiger partial charge in [0.25, 0.3) is 0 Å². The number of amides is 1. The van der Waals surface area contributed by atoms with Gasteiger partial charge in [0.1, 0.15) is 6.33 Å². The minimum atomic E-state index is -1.78. The van der Waals surface area contributed by atoms with E-state index >= 15 is 0 Å². The summed E-state index contributed by atoms with van der Waals surface area (Å²) in [7, 11) is 0. The Balaban J connectivity index is 1.26. The van der Waals surface area contributed by atoms with Crippen LogP contribution in [0.4, 0.5) is 5.69 Å². The number of tetrazole rings is 1. The number of anilines is 1. The number of aromatic nitrogens is 5. The maximum atomic E-state index is 13.4. The average molecular weight is 539 g/mol. The SMILES string of the molecule is O=C(Nc1ccc(C2(O)OO2)cc1Cl)C(CC1CC1)c1ccc(-c2cc(Cl)ccc2-n2cnnn2)cn1. The van der Waals surface area contributed by atoms with Crippen LogP contribution in [0.3, 0.4) is 0 Å². The van der Waals surface area contributed by atoms with Crippen LogP contribution in [0.25, 0.3) is 16.8 Å². The van der Waals surface area contributed by atoms with Gasteiger partial charge in [-0.1, -0.05) is 42.1 Å². The summed E-state index contributed by atoms with van der Waals surface area (Å²) in [5, 5.41) is 25.0. The van der Waals surface area contributed by atoms with Crippen molar-refractivity contribution in [1.82, 2.24) is 25.2 Å². The van der Waals surface area contributed by atoms with Crippen molar-refractivity contribution in [2.24, 2.45) is 5.92 Å². The van der Waals surface area contributed by atoms with Crippen LogP contribution in [0.2, 0.25) is 10.0 Å². The molecule has 1 unspecified atom stereocenters. The molecule has 12 heteroatoms. The summed E-state index contributed by atoms with van der Waals surface area (Å²) < 4.78 is 1.55. The molecule has 188 valence electrons. The number of hydrogen-bond donors (Lipinski definition) is 2. The van der Waals surface area contributed by atoms with Gasteiger partial charge in [-0.05, 0) is 65.2 Å². The number of halogens is 2. The van der Waals surface area contributed by atoms with Gasteiger partial charge in [-0.15, -0.1) is 5.10 Å². The summed E-state index contributed by atoms with van der Waals surface area (Å²) in [5.41, 5.74) is 3.77. The largest absolute Gasteiger partial charge is 0.365 e. The highest BCUT2D eigenvalue weighted by Crippen LogP contribution is 2.41. The summed E-state index contributed by atoms with van der Waals surface area (Å²) in [6.07, 6.45) is 6.09. The van der Waals surface area contributed by atoms with Crippen molar-refractivity contribution in [2.75, 3.05) is 5.32 Å². The van der Waals surface area contributed by atoms with Crippen LogP contribution in [0.1, 0.15) is 36.4 Å². The van der Waals surface area contributed by atoms with Gasteiger partial charge in [-0.2, -0.15) is 14.5 Å². The topological polar surface area (TPSA) is 131 Å². The van der Waals surface area contributed by atoms with E-state index < -0.39 is 11.9 Å². The first-order valence-electron chi connectivity index (χ1n) is 11.6. The van der Waals surface area contributed by atoms with Crippen molar-refractivity contribution in [1.29, 1.82) is 0 Å². The first-order valence-corrected chi connectivity index (χ1v) is 12.3. The molecule has 1 aliphatic heterocycles. The highest BCUT2D eigenvalue weighted by atomic mass is 35.5. The van der Waals surface area contributed by atoms with E-state index in [4.69, 9.17) is 23.2 Å². The van der Waals surface area contributed by atoms with Crippen LogP contribution < -0.4 is 5.32 Å². The highest BCUT2D eigenvalue weighted by Gasteiger charge is 2.49. The van der Waals surface area contributed by atoms with E-state index in [1.807, 2.05) is 24.3 Å². The Hall–Kier alpha value is -3.41. The van der Waals surface area contributed by atoms with E-state index in [-0.39, 0.29) is 10.9 Å². The fraction of sp³-hybridized carbons (Fsp3) is 0.240. The zero-order valence-corrected chi connectivity index (χ0v) is 20.7. The van der Waals surface area contributed by atoms with Crippen LogP contribution in [0.5, 0.6) is 0 Å². The van der Waals surface area contributed by atoms with Gasteiger partial charge < -0.3 is 10.4 Å². The van der Waals surface area contributed by atoms with Gasteiger partial charge in [0, 0.05) is 27.9 Å². The van der Waals surface area contributed by atoms with E-state index in [2.05, 4.69) is 35.6 Å². The zero-order valence-electron chi connectivity index (χ0n) is 19.2. The first-order chi connectivity index (χ1) is 17.9. The Labute approximate surface area is 221 Å². The number of benzene rings is 2. The quantitative estimate of drug-likeness (QED) is 0.245. The molecule has 4 aromatic rings. The van der Waals surface area contributed by atoms with E-state index in [1.54, 1.807) is 29.1 Å². The Kier molecular flexibility index (Phi) is 6.13. The summed E-state index contributed by atoms with van der Waals surface area (Å²) in [6, 6.07) is 13.8. The molecule has 3 heterocycles. The molecule has 2 aliphatic rings. The van der Waals surface area contributed by atoms with Crippen molar-refractivity contribution in [3.63, 3.8) is 0 Å². The predicted octanol–water partition coefficient (Wildman–Crippen LogP) is 4.62. The molecule has 2 aromatic heterocycles. The molecule has 6 rings (SSSR count). The Bertz CT molecular complexity index is 1460. The molecule has 2 aromatic carbocycles. The second-order valence-corrected chi connectivity index (χ2v) is 9.90. The standard InChI is InChI=1S/C25H20Cl2N6O4/c26-17-5-8-23(33-13-29-31-32-33)18(11-17)15-3-6-21(28-12-15)19(9-14-1-2-14)24(34)30-22-7-4-16(10-20(22)27)25(35)36-37-25/h3-8,10-14,19,35H,1-2,9H2,(H,30,34). The summed E-state index contributed by atoms with van der Waals surface area (Å²) in [5.74, 6) is -1.97. The van der Waals surface area contributed by atoms with Crippen molar-refractivity contribution in [3.8, 4) is 16.8 Å². The van der Waals surface area contributed by atoms with Gasteiger partial charge in [-0.25, -0.2) is 0 Å². The minimum absolute atomic E-state index is 0.212. The lowest BCUT2D eigenvalue weighted by atomic mass is 9.95. The number of carbonyl (C=O) groups excluding carboxylic acids is 1. The summed E-state index contributed by atoms with van der Waals surface area (Å²) in [4.78, 5) is 27.2. The van der Waals surface area contributed by atoms with Crippen molar-refractivity contribution in [2.45, 2.75) is 31.2 Å². The van der Waals surface area contributed by atoms with Crippen LogP contribution in [-0.2, 0) is 20.5 Å². The molecule has 0 spiro atoms. The van der Waals surface area contributed by atoms with Gasteiger partial charge in [0.15, 0.2) is 0 Å². The van der Waals surface area contributed by atoms with Gasteiger partial charge in [0.2, 0.25) is 5.91 Å². The molecule has 10 nitrogen and oxygen atoms in total. The maximum Gasteiger partial charge on any atom is 0.365 e. The summed E-state index contributed by atoms with van der Waals surface area (Å²) in [6.45, 7) is 0. The molecular formula is C25H20Cl2N6O4. The molecule has 0 radical (unpaired) electrons. The zero-order chi connectivity index (χ0) is 25.6. The lowest BCUT2D eigenvalue weighted by Gasteiger charge is -2.18. The fourth-order valence-corrected chi connectivity index (χ4v) is 4.60. The number of hydrogen-bond acceptors (Lipinski definition) is 8. The minimum Gasteiger partial charge on any atom is -0.336 e. The average Bonchev–Trinajstić information content (AvgIpc) is 3.81. The normalized spacial score (nSPS) is 16.8. The monoisotopic (exact) mass is 538 g/mol. The molecule has 1 atom stereocenters. The van der Waals surface area contributed by atoms with Gasteiger partial charge >= 0.3 is 5.97 Å². The Morgan fingerprint density at radius 1 is 1.16 bits per heavy atom. The number of aliphatic hydroxyl groups is 1. The molecule has 0 bridgehead atoms. The lowest BCUT2D eigenvalue weighted by molar-refractivity contribution is -0.117. The lowest BCUT2D eigenvalue weighted by Crippen LogP contribution is -2.23. The molecule has 1 saturated carbocycles. The number of nitrogens with zero attached hydrogens (tertiary/aromatic N) is 5. The smallest absolute Gasteiger partial charge is 0.336 e. The van der Waals surface area contributed by atoms with Crippen LogP contribution >= 0.6 is 23.2 Å². The van der Waals surface area contributed by atoms with Crippen LogP contribution in [0.15, 0.2) is 61.1 Å².